The topological polar surface area (TPSA) is 47.4 Å². The standard InChI is InChI=1S/C17H18F3N3O2/c1-22-11-13(10-21-22)15-7-2-3-8-23(15)16(24)12-5-4-6-14(9-12)25-17(18,19)20/h4-6,9-11,15H,2-3,7-8H2,1H3/t15-/m1/s1. The Balaban J connectivity index is 1.84. The fraction of sp³-hybridized carbons (Fsp3) is 0.412. The minimum Gasteiger partial charge on any atom is -0.406 e. The van der Waals surface area contributed by atoms with E-state index in [1.54, 1.807) is 22.8 Å². The highest BCUT2D eigenvalue weighted by Gasteiger charge is 2.32. The van der Waals surface area contributed by atoms with Crippen molar-refractivity contribution >= 4 is 5.91 Å². The predicted octanol–water partition coefficient (Wildman–Crippen LogP) is 3.69. The molecule has 1 atom stereocenters. The van der Waals surface area contributed by atoms with E-state index in [-0.39, 0.29) is 17.5 Å². The molecule has 0 aliphatic carbocycles. The van der Waals surface area contributed by atoms with Crippen LogP contribution < -0.4 is 4.74 Å². The van der Waals surface area contributed by atoms with Crippen LogP contribution in [0.1, 0.15) is 41.2 Å². The number of hydrogen-bond acceptors (Lipinski definition) is 3. The van der Waals surface area contributed by atoms with E-state index in [1.165, 1.54) is 18.2 Å². The number of ether oxygens (including phenoxy) is 1. The lowest BCUT2D eigenvalue weighted by Crippen LogP contribution is -2.38. The molecular weight excluding hydrogens is 335 g/mol. The Morgan fingerprint density at radius 2 is 2.12 bits per heavy atom. The van der Waals surface area contributed by atoms with E-state index in [9.17, 15) is 18.0 Å². The van der Waals surface area contributed by atoms with Crippen molar-refractivity contribution in [1.29, 1.82) is 0 Å². The Kier molecular flexibility index (Phi) is 4.69. The highest BCUT2D eigenvalue weighted by atomic mass is 19.4. The smallest absolute Gasteiger partial charge is 0.406 e. The molecule has 1 fully saturated rings. The van der Waals surface area contributed by atoms with Crippen molar-refractivity contribution < 1.29 is 22.7 Å². The van der Waals surface area contributed by atoms with Crippen molar-refractivity contribution in [1.82, 2.24) is 14.7 Å². The van der Waals surface area contributed by atoms with Gasteiger partial charge in [0, 0.05) is 30.9 Å². The molecule has 1 aliphatic heterocycles. The molecule has 0 bridgehead atoms. The quantitative estimate of drug-likeness (QED) is 0.846. The number of rotatable bonds is 3. The summed E-state index contributed by atoms with van der Waals surface area (Å²) in [5.41, 5.74) is 1.11. The number of alkyl halides is 3. The van der Waals surface area contributed by atoms with Crippen LogP contribution in [0.4, 0.5) is 13.2 Å². The van der Waals surface area contributed by atoms with Gasteiger partial charge in [-0.05, 0) is 37.5 Å². The molecule has 1 aromatic carbocycles. The number of aryl methyl sites for hydroxylation is 1. The van der Waals surface area contributed by atoms with Gasteiger partial charge in [-0.15, -0.1) is 13.2 Å². The summed E-state index contributed by atoms with van der Waals surface area (Å²) in [6, 6.07) is 5.07. The Hall–Kier alpha value is -2.51. The van der Waals surface area contributed by atoms with E-state index in [0.29, 0.717) is 6.54 Å². The number of piperidine rings is 1. The molecule has 0 saturated carbocycles. The van der Waals surface area contributed by atoms with Gasteiger partial charge in [0.2, 0.25) is 0 Å². The molecule has 1 amide bonds. The first kappa shape index (κ1) is 17.3. The fourth-order valence-corrected chi connectivity index (χ4v) is 3.13. The van der Waals surface area contributed by atoms with Gasteiger partial charge in [-0.2, -0.15) is 5.10 Å². The molecule has 0 spiro atoms. The summed E-state index contributed by atoms with van der Waals surface area (Å²) in [7, 11) is 1.80. The van der Waals surface area contributed by atoms with Gasteiger partial charge in [-0.3, -0.25) is 9.48 Å². The van der Waals surface area contributed by atoms with Crippen LogP contribution in [0.15, 0.2) is 36.7 Å². The van der Waals surface area contributed by atoms with Gasteiger partial charge in [0.15, 0.2) is 0 Å². The van der Waals surface area contributed by atoms with E-state index < -0.39 is 12.1 Å². The van der Waals surface area contributed by atoms with Crippen LogP contribution >= 0.6 is 0 Å². The van der Waals surface area contributed by atoms with Gasteiger partial charge in [-0.1, -0.05) is 6.07 Å². The monoisotopic (exact) mass is 353 g/mol. The minimum absolute atomic E-state index is 0.123. The van der Waals surface area contributed by atoms with Crippen molar-refractivity contribution in [3.05, 3.63) is 47.8 Å². The fourth-order valence-electron chi connectivity index (χ4n) is 3.13. The van der Waals surface area contributed by atoms with E-state index in [4.69, 9.17) is 0 Å². The van der Waals surface area contributed by atoms with Crippen LogP contribution in [-0.2, 0) is 7.05 Å². The molecule has 5 nitrogen and oxygen atoms in total. The lowest BCUT2D eigenvalue weighted by molar-refractivity contribution is -0.274. The average molecular weight is 353 g/mol. The van der Waals surface area contributed by atoms with Crippen LogP contribution in [0, 0.1) is 0 Å². The molecular formula is C17H18F3N3O2. The summed E-state index contributed by atoms with van der Waals surface area (Å²) < 4.78 is 42.7. The molecule has 2 aromatic rings. The van der Waals surface area contributed by atoms with Crippen LogP contribution in [0.5, 0.6) is 5.75 Å². The van der Waals surface area contributed by atoms with Crippen molar-refractivity contribution in [2.75, 3.05) is 6.54 Å². The summed E-state index contributed by atoms with van der Waals surface area (Å²) in [4.78, 5) is 14.6. The van der Waals surface area contributed by atoms with E-state index in [1.807, 2.05) is 6.20 Å². The molecule has 25 heavy (non-hydrogen) atoms. The molecule has 1 saturated heterocycles. The van der Waals surface area contributed by atoms with Gasteiger partial charge in [-0.25, -0.2) is 0 Å². The van der Waals surface area contributed by atoms with Gasteiger partial charge in [0.05, 0.1) is 12.2 Å². The Morgan fingerprint density at radius 1 is 1.32 bits per heavy atom. The van der Waals surface area contributed by atoms with Gasteiger partial charge < -0.3 is 9.64 Å². The first-order chi connectivity index (χ1) is 11.8. The van der Waals surface area contributed by atoms with Crippen molar-refractivity contribution in [2.24, 2.45) is 7.05 Å². The SMILES string of the molecule is Cn1cc([C@H]2CCCCN2C(=O)c2cccc(OC(F)(F)F)c2)cn1. The Labute approximate surface area is 143 Å². The summed E-state index contributed by atoms with van der Waals surface area (Å²) in [6.07, 6.45) is 1.45. The second-order valence-corrected chi connectivity index (χ2v) is 6.03. The number of nitrogens with zero attached hydrogens (tertiary/aromatic N) is 3. The van der Waals surface area contributed by atoms with Crippen LogP contribution in [0.3, 0.4) is 0 Å². The molecule has 3 rings (SSSR count). The predicted molar refractivity (Wildman–Crippen MR) is 84.0 cm³/mol. The summed E-state index contributed by atoms with van der Waals surface area (Å²) in [5.74, 6) is -0.700. The van der Waals surface area contributed by atoms with Crippen LogP contribution in [-0.4, -0.2) is 33.5 Å². The third kappa shape index (κ3) is 4.12. The zero-order valence-corrected chi connectivity index (χ0v) is 13.7. The van der Waals surface area contributed by atoms with Gasteiger partial charge >= 0.3 is 6.36 Å². The number of hydrogen-bond donors (Lipinski definition) is 0. The van der Waals surface area contributed by atoms with Gasteiger partial charge in [0.1, 0.15) is 5.75 Å². The lowest BCUT2D eigenvalue weighted by Gasteiger charge is -2.35. The largest absolute Gasteiger partial charge is 0.573 e. The molecule has 1 aromatic heterocycles. The third-order valence-electron chi connectivity index (χ3n) is 4.19. The van der Waals surface area contributed by atoms with Crippen molar-refractivity contribution in [3.63, 3.8) is 0 Å². The van der Waals surface area contributed by atoms with E-state index in [0.717, 1.165) is 30.9 Å². The van der Waals surface area contributed by atoms with Crippen molar-refractivity contribution in [2.45, 2.75) is 31.7 Å². The molecule has 1 aliphatic rings. The van der Waals surface area contributed by atoms with Gasteiger partial charge in [0.25, 0.3) is 5.91 Å². The second-order valence-electron chi connectivity index (χ2n) is 6.03. The number of benzene rings is 1. The summed E-state index contributed by atoms with van der Waals surface area (Å²) in [6.45, 7) is 0.558. The number of amides is 1. The Morgan fingerprint density at radius 3 is 2.80 bits per heavy atom. The molecule has 8 heteroatoms. The number of aromatic nitrogens is 2. The molecule has 0 radical (unpaired) electrons. The Bertz CT molecular complexity index is 758. The maximum absolute atomic E-state index is 12.9. The maximum Gasteiger partial charge on any atom is 0.573 e. The van der Waals surface area contributed by atoms with E-state index >= 15 is 0 Å². The molecule has 0 unspecified atom stereocenters. The minimum atomic E-state index is -4.79. The second kappa shape index (κ2) is 6.78. The van der Waals surface area contributed by atoms with Crippen LogP contribution in [0.2, 0.25) is 0 Å². The third-order valence-corrected chi connectivity index (χ3v) is 4.19. The number of halogens is 3. The van der Waals surface area contributed by atoms with E-state index in [2.05, 4.69) is 9.84 Å². The maximum atomic E-state index is 12.9. The molecule has 134 valence electrons. The lowest BCUT2D eigenvalue weighted by atomic mass is 9.96. The normalized spacial score (nSPS) is 18.2. The highest BCUT2D eigenvalue weighted by Crippen LogP contribution is 2.32. The number of carbonyl (C=O) groups excluding carboxylic acids is 1. The number of likely N-dealkylation sites (tertiary alicyclic amines) is 1. The zero-order valence-electron chi connectivity index (χ0n) is 13.7. The molecule has 2 heterocycles. The summed E-state index contributed by atoms with van der Waals surface area (Å²) in [5, 5.41) is 4.15. The highest BCUT2D eigenvalue weighted by molar-refractivity contribution is 5.95. The number of carbonyl (C=O) groups is 1. The zero-order chi connectivity index (χ0) is 18.0. The summed E-state index contributed by atoms with van der Waals surface area (Å²) >= 11 is 0. The van der Waals surface area contributed by atoms with Crippen molar-refractivity contribution in [3.8, 4) is 5.75 Å². The van der Waals surface area contributed by atoms with Crippen LogP contribution in [0.25, 0.3) is 0 Å². The average Bonchev–Trinajstić information content (AvgIpc) is 2.99. The molecule has 0 N–H and O–H groups in total. The first-order valence-electron chi connectivity index (χ1n) is 7.99. The first-order valence-corrected chi connectivity index (χ1v) is 7.99.